The van der Waals surface area contributed by atoms with Gasteiger partial charge in [0.2, 0.25) is 5.95 Å². The standard InChI is InChI=1S/C26H33N7O2/c1-17(26(2,3)34)13-29-25-31-23(28-14-19-12-20(35-4)10-11-21(19)27)22-24(32-25)33(16-30-22)15-18-8-6-5-7-9-18/h5-12,16-17,34H,13-15,27H2,1-4H3,(H2,28,29,31,32). The van der Waals surface area contributed by atoms with Gasteiger partial charge in [-0.3, -0.25) is 0 Å². The highest BCUT2D eigenvalue weighted by atomic mass is 16.5. The Labute approximate surface area is 205 Å². The minimum Gasteiger partial charge on any atom is -0.497 e. The van der Waals surface area contributed by atoms with E-state index in [9.17, 15) is 5.11 Å². The molecule has 2 aromatic carbocycles. The van der Waals surface area contributed by atoms with Gasteiger partial charge in [0.25, 0.3) is 0 Å². The summed E-state index contributed by atoms with van der Waals surface area (Å²) in [5.41, 5.74) is 9.44. The Bertz CT molecular complexity index is 1280. The van der Waals surface area contributed by atoms with Gasteiger partial charge < -0.3 is 30.8 Å². The summed E-state index contributed by atoms with van der Waals surface area (Å²) >= 11 is 0. The smallest absolute Gasteiger partial charge is 0.226 e. The third kappa shape index (κ3) is 5.81. The van der Waals surface area contributed by atoms with Gasteiger partial charge in [-0.25, -0.2) is 4.98 Å². The molecule has 0 saturated carbocycles. The zero-order chi connectivity index (χ0) is 25.0. The number of imidazole rings is 1. The lowest BCUT2D eigenvalue weighted by Gasteiger charge is -2.26. The number of ether oxygens (including phenoxy) is 1. The maximum atomic E-state index is 10.3. The highest BCUT2D eigenvalue weighted by Gasteiger charge is 2.22. The number of nitrogens with one attached hydrogen (secondary N) is 2. The first-order valence-corrected chi connectivity index (χ1v) is 11.6. The van der Waals surface area contributed by atoms with E-state index in [1.807, 2.05) is 47.9 Å². The molecule has 2 aromatic heterocycles. The number of nitrogens with zero attached hydrogens (tertiary/aromatic N) is 4. The second-order valence-electron chi connectivity index (χ2n) is 9.28. The molecule has 1 unspecified atom stereocenters. The topological polar surface area (TPSA) is 123 Å². The normalized spacial score (nSPS) is 12.5. The van der Waals surface area contributed by atoms with E-state index in [-0.39, 0.29) is 5.92 Å². The predicted octanol–water partition coefficient (Wildman–Crippen LogP) is 3.90. The number of fused-ring (bicyclic) bond motifs is 1. The van der Waals surface area contributed by atoms with Crippen molar-refractivity contribution in [3.63, 3.8) is 0 Å². The van der Waals surface area contributed by atoms with Gasteiger partial charge in [-0.2, -0.15) is 9.97 Å². The van der Waals surface area contributed by atoms with Crippen molar-refractivity contribution in [2.75, 3.05) is 30.0 Å². The van der Waals surface area contributed by atoms with Crippen LogP contribution in [0.5, 0.6) is 5.75 Å². The zero-order valence-corrected chi connectivity index (χ0v) is 20.6. The summed E-state index contributed by atoms with van der Waals surface area (Å²) in [6, 6.07) is 15.7. The highest BCUT2D eigenvalue weighted by Crippen LogP contribution is 2.25. The molecule has 5 N–H and O–H groups in total. The van der Waals surface area contributed by atoms with Crippen LogP contribution in [-0.4, -0.2) is 43.9 Å². The van der Waals surface area contributed by atoms with Crippen molar-refractivity contribution in [3.05, 3.63) is 66.0 Å². The SMILES string of the molecule is COc1ccc(N)c(CNc2nc(NCC(C)C(C)(C)O)nc3c2ncn3Cc2ccccc2)c1. The van der Waals surface area contributed by atoms with Crippen molar-refractivity contribution in [2.24, 2.45) is 5.92 Å². The average Bonchev–Trinajstić information content (AvgIpc) is 3.24. The number of anilines is 3. The Morgan fingerprint density at radius 2 is 1.89 bits per heavy atom. The quantitative estimate of drug-likeness (QED) is 0.255. The van der Waals surface area contributed by atoms with Crippen molar-refractivity contribution in [1.82, 2.24) is 19.5 Å². The second-order valence-corrected chi connectivity index (χ2v) is 9.28. The number of nitrogens with two attached hydrogens (primary N) is 1. The molecule has 4 aromatic rings. The van der Waals surface area contributed by atoms with Gasteiger partial charge in [-0.15, -0.1) is 0 Å². The van der Waals surface area contributed by atoms with Gasteiger partial charge in [0, 0.05) is 24.7 Å². The highest BCUT2D eigenvalue weighted by molar-refractivity contribution is 5.84. The Morgan fingerprint density at radius 3 is 2.60 bits per heavy atom. The van der Waals surface area contributed by atoms with E-state index in [0.717, 1.165) is 16.9 Å². The summed E-state index contributed by atoms with van der Waals surface area (Å²) in [4.78, 5) is 14.1. The summed E-state index contributed by atoms with van der Waals surface area (Å²) in [7, 11) is 1.63. The lowest BCUT2D eigenvalue weighted by molar-refractivity contribution is 0.0303. The van der Waals surface area contributed by atoms with Crippen LogP contribution in [0.15, 0.2) is 54.9 Å². The molecule has 9 nitrogen and oxygen atoms in total. The van der Waals surface area contributed by atoms with E-state index < -0.39 is 5.60 Å². The largest absolute Gasteiger partial charge is 0.497 e. The van der Waals surface area contributed by atoms with Crippen molar-refractivity contribution in [1.29, 1.82) is 0 Å². The van der Waals surface area contributed by atoms with Crippen molar-refractivity contribution < 1.29 is 9.84 Å². The van der Waals surface area contributed by atoms with Gasteiger partial charge in [0.05, 0.1) is 25.6 Å². The van der Waals surface area contributed by atoms with Crippen LogP contribution < -0.4 is 21.1 Å². The van der Waals surface area contributed by atoms with E-state index in [0.29, 0.717) is 48.3 Å². The van der Waals surface area contributed by atoms with Crippen molar-refractivity contribution in [2.45, 2.75) is 39.5 Å². The number of aromatic nitrogens is 4. The second kappa shape index (κ2) is 10.2. The Morgan fingerprint density at radius 1 is 1.11 bits per heavy atom. The van der Waals surface area contributed by atoms with Crippen LogP contribution in [-0.2, 0) is 13.1 Å². The molecule has 0 aliphatic heterocycles. The molecular formula is C26H33N7O2. The van der Waals surface area contributed by atoms with Gasteiger partial charge in [0.1, 0.15) is 5.75 Å². The minimum atomic E-state index is -0.822. The lowest BCUT2D eigenvalue weighted by Crippen LogP contribution is -2.33. The summed E-state index contributed by atoms with van der Waals surface area (Å²) in [6.45, 7) is 7.17. The molecule has 2 heterocycles. The van der Waals surface area contributed by atoms with Crippen LogP contribution in [0.4, 0.5) is 17.5 Å². The molecule has 0 fully saturated rings. The van der Waals surface area contributed by atoms with E-state index in [2.05, 4.69) is 27.8 Å². The fourth-order valence-corrected chi connectivity index (χ4v) is 3.58. The minimum absolute atomic E-state index is 0.0102. The zero-order valence-electron chi connectivity index (χ0n) is 20.6. The summed E-state index contributed by atoms with van der Waals surface area (Å²) in [6.07, 6.45) is 1.78. The summed E-state index contributed by atoms with van der Waals surface area (Å²) in [5, 5.41) is 17.0. The molecule has 0 bridgehead atoms. The van der Waals surface area contributed by atoms with Crippen LogP contribution in [0.2, 0.25) is 0 Å². The molecule has 184 valence electrons. The van der Waals surface area contributed by atoms with E-state index >= 15 is 0 Å². The van der Waals surface area contributed by atoms with Crippen molar-refractivity contribution >= 4 is 28.6 Å². The number of aliphatic hydroxyl groups is 1. The molecule has 0 aliphatic carbocycles. The number of rotatable bonds is 10. The number of nitrogen functional groups attached to an aromatic ring is 1. The lowest BCUT2D eigenvalue weighted by atomic mass is 9.93. The number of benzene rings is 2. The van der Waals surface area contributed by atoms with Crippen LogP contribution in [0, 0.1) is 5.92 Å². The molecule has 0 radical (unpaired) electrons. The first-order valence-electron chi connectivity index (χ1n) is 11.6. The molecule has 0 amide bonds. The molecule has 0 saturated heterocycles. The van der Waals surface area contributed by atoms with Crippen LogP contribution in [0.3, 0.4) is 0 Å². The van der Waals surface area contributed by atoms with Crippen LogP contribution in [0.25, 0.3) is 11.2 Å². The van der Waals surface area contributed by atoms with Gasteiger partial charge in [0.15, 0.2) is 17.0 Å². The Hall–Kier alpha value is -3.85. The van der Waals surface area contributed by atoms with E-state index in [1.165, 1.54) is 0 Å². The average molecular weight is 476 g/mol. The number of methoxy groups -OCH3 is 1. The first-order chi connectivity index (χ1) is 16.7. The van der Waals surface area contributed by atoms with Crippen LogP contribution in [0.1, 0.15) is 31.9 Å². The fraction of sp³-hybridized carbons (Fsp3) is 0.346. The molecule has 0 spiro atoms. The number of hydrogen-bond acceptors (Lipinski definition) is 8. The van der Waals surface area contributed by atoms with Crippen LogP contribution >= 0.6 is 0 Å². The number of hydrogen-bond donors (Lipinski definition) is 4. The van der Waals surface area contributed by atoms with Crippen molar-refractivity contribution in [3.8, 4) is 5.75 Å². The maximum Gasteiger partial charge on any atom is 0.226 e. The molecule has 0 aliphatic rings. The third-order valence-electron chi connectivity index (χ3n) is 6.23. The van der Waals surface area contributed by atoms with Gasteiger partial charge in [-0.1, -0.05) is 37.3 Å². The monoisotopic (exact) mass is 475 g/mol. The maximum absolute atomic E-state index is 10.3. The molecule has 35 heavy (non-hydrogen) atoms. The molecule has 9 heteroatoms. The molecule has 4 rings (SSSR count). The fourth-order valence-electron chi connectivity index (χ4n) is 3.58. The molecule has 1 atom stereocenters. The predicted molar refractivity (Wildman–Crippen MR) is 140 cm³/mol. The summed E-state index contributed by atoms with van der Waals surface area (Å²) in [5.74, 6) is 1.79. The summed E-state index contributed by atoms with van der Waals surface area (Å²) < 4.78 is 7.34. The first kappa shape index (κ1) is 24.3. The van der Waals surface area contributed by atoms with E-state index in [4.69, 9.17) is 20.4 Å². The Balaban J connectivity index is 1.66. The third-order valence-corrected chi connectivity index (χ3v) is 6.23. The van der Waals surface area contributed by atoms with E-state index in [1.54, 1.807) is 27.3 Å². The molecular weight excluding hydrogens is 442 g/mol. The van der Waals surface area contributed by atoms with Gasteiger partial charge in [-0.05, 0) is 43.2 Å². The Kier molecular flexibility index (Phi) is 7.07. The van der Waals surface area contributed by atoms with Gasteiger partial charge >= 0.3 is 0 Å².